The van der Waals surface area contributed by atoms with Gasteiger partial charge in [-0.05, 0) is 6.42 Å². The number of unbranched alkanes of at least 4 members (excludes halogenated alkanes) is 1. The lowest BCUT2D eigenvalue weighted by molar-refractivity contribution is -0.0542. The maximum atomic E-state index is 11.6. The third-order valence-corrected chi connectivity index (χ3v) is 2.16. The molecule has 3 nitrogen and oxygen atoms in total. The molecule has 0 saturated heterocycles. The molecule has 2 radical (unpaired) electrons. The Labute approximate surface area is 75.8 Å². The summed E-state index contributed by atoms with van der Waals surface area (Å²) < 4.78 is 59.0. The summed E-state index contributed by atoms with van der Waals surface area (Å²) in [5.74, 6) is 0. The molecule has 0 amide bonds. The lowest BCUT2D eigenvalue weighted by atomic mass is 10.0. The summed E-state index contributed by atoms with van der Waals surface area (Å²) in [6.45, 7) is -0.487. The van der Waals surface area contributed by atoms with Crippen LogP contribution in [0.1, 0.15) is 12.8 Å². The summed E-state index contributed by atoms with van der Waals surface area (Å²) in [5, 5.41) is 0. The van der Waals surface area contributed by atoms with Crippen molar-refractivity contribution >= 4 is 18.0 Å². The molecule has 0 rings (SSSR count). The molecular formula is C5H8BF3O3S. The van der Waals surface area contributed by atoms with Gasteiger partial charge in [-0.15, -0.1) is 0 Å². The van der Waals surface area contributed by atoms with Gasteiger partial charge in [0.05, 0.1) is 14.5 Å². The second-order valence-electron chi connectivity index (χ2n) is 2.22. The van der Waals surface area contributed by atoms with Crippen molar-refractivity contribution in [3.8, 4) is 0 Å². The Hall–Kier alpha value is -0.235. The molecule has 0 bridgehead atoms. The Morgan fingerprint density at radius 2 is 1.77 bits per heavy atom. The highest BCUT2D eigenvalue weighted by atomic mass is 32.2. The second-order valence-corrected chi connectivity index (χ2v) is 3.82. The van der Waals surface area contributed by atoms with Crippen molar-refractivity contribution < 1.29 is 25.8 Å². The molecule has 0 saturated carbocycles. The summed E-state index contributed by atoms with van der Waals surface area (Å²) >= 11 is 0. The van der Waals surface area contributed by atoms with Gasteiger partial charge in [-0.1, -0.05) is 12.7 Å². The molecule has 0 aliphatic rings. The average Bonchev–Trinajstić information content (AvgIpc) is 1.96. The van der Waals surface area contributed by atoms with Crippen LogP contribution in [0.25, 0.3) is 0 Å². The minimum atomic E-state index is -5.42. The number of hydrogen-bond acceptors (Lipinski definition) is 3. The first-order valence-corrected chi connectivity index (χ1v) is 4.88. The molecule has 0 fully saturated rings. The van der Waals surface area contributed by atoms with Gasteiger partial charge in [0.25, 0.3) is 0 Å². The van der Waals surface area contributed by atoms with E-state index in [1.54, 1.807) is 0 Å². The SMILES string of the molecule is [B]CCCCOS(=O)(=O)C(F)(F)F. The molecule has 0 aromatic carbocycles. The van der Waals surface area contributed by atoms with Crippen LogP contribution in [0.2, 0.25) is 6.32 Å². The van der Waals surface area contributed by atoms with E-state index in [0.29, 0.717) is 6.42 Å². The van der Waals surface area contributed by atoms with Crippen LogP contribution in [0.4, 0.5) is 13.2 Å². The zero-order valence-corrected chi connectivity index (χ0v) is 7.49. The Bertz CT molecular complexity index is 236. The van der Waals surface area contributed by atoms with E-state index in [1.807, 2.05) is 0 Å². The molecule has 0 atom stereocenters. The fourth-order valence-corrected chi connectivity index (χ4v) is 0.953. The largest absolute Gasteiger partial charge is 0.523 e. The summed E-state index contributed by atoms with van der Waals surface area (Å²) in [7, 11) is -0.382. The lowest BCUT2D eigenvalue weighted by Crippen LogP contribution is -2.25. The van der Waals surface area contributed by atoms with Crippen LogP contribution in [0.5, 0.6) is 0 Å². The smallest absolute Gasteiger partial charge is 0.263 e. The maximum absolute atomic E-state index is 11.6. The van der Waals surface area contributed by atoms with E-state index >= 15 is 0 Å². The minimum absolute atomic E-state index is 0.186. The fraction of sp³-hybridized carbons (Fsp3) is 1.00. The van der Waals surface area contributed by atoms with Crippen LogP contribution in [-0.4, -0.2) is 28.4 Å². The normalized spacial score (nSPS) is 13.2. The quantitative estimate of drug-likeness (QED) is 0.300. The van der Waals surface area contributed by atoms with E-state index in [0.717, 1.165) is 0 Å². The van der Waals surface area contributed by atoms with Crippen molar-refractivity contribution in [3.05, 3.63) is 0 Å². The molecule has 0 N–H and O–H groups in total. The third-order valence-electron chi connectivity index (χ3n) is 1.12. The summed E-state index contributed by atoms with van der Waals surface area (Å²) in [6.07, 6.45) is 0.897. The van der Waals surface area contributed by atoms with E-state index in [-0.39, 0.29) is 12.7 Å². The van der Waals surface area contributed by atoms with Gasteiger partial charge in [-0.3, -0.25) is 4.18 Å². The zero-order valence-electron chi connectivity index (χ0n) is 6.67. The third kappa shape index (κ3) is 4.51. The van der Waals surface area contributed by atoms with Gasteiger partial charge < -0.3 is 0 Å². The fourth-order valence-electron chi connectivity index (χ4n) is 0.482. The number of alkyl halides is 3. The molecule has 8 heteroatoms. The first-order chi connectivity index (χ1) is 5.81. The van der Waals surface area contributed by atoms with Crippen LogP contribution < -0.4 is 0 Å². The zero-order chi connectivity index (χ0) is 10.5. The standard InChI is InChI=1S/C5H8BF3O3S/c6-3-1-2-4-12-13(10,11)5(7,8)9/h1-4H2. The van der Waals surface area contributed by atoms with E-state index in [4.69, 9.17) is 7.85 Å². The molecule has 0 heterocycles. The van der Waals surface area contributed by atoms with Crippen LogP contribution in [-0.2, 0) is 14.3 Å². The number of hydrogen-bond donors (Lipinski definition) is 0. The first kappa shape index (κ1) is 12.8. The Kier molecular flexibility index (Phi) is 4.76. The van der Waals surface area contributed by atoms with E-state index in [1.165, 1.54) is 0 Å². The predicted molar refractivity (Wildman–Crippen MR) is 40.7 cm³/mol. The van der Waals surface area contributed by atoms with Crippen molar-refractivity contribution in [1.82, 2.24) is 0 Å². The van der Waals surface area contributed by atoms with Crippen LogP contribution in [0, 0.1) is 0 Å². The van der Waals surface area contributed by atoms with Crippen molar-refractivity contribution in [2.24, 2.45) is 0 Å². The Morgan fingerprint density at radius 1 is 1.23 bits per heavy atom. The van der Waals surface area contributed by atoms with Gasteiger partial charge in [0.2, 0.25) is 0 Å². The molecule has 0 aliphatic carbocycles. The Morgan fingerprint density at radius 3 is 2.15 bits per heavy atom. The summed E-state index contributed by atoms with van der Waals surface area (Å²) in [6, 6.07) is 0. The minimum Gasteiger partial charge on any atom is -0.263 e. The second kappa shape index (κ2) is 4.85. The first-order valence-electron chi connectivity index (χ1n) is 3.47. The highest BCUT2D eigenvalue weighted by Crippen LogP contribution is 2.24. The van der Waals surface area contributed by atoms with Gasteiger partial charge >= 0.3 is 15.6 Å². The summed E-state index contributed by atoms with van der Waals surface area (Å²) in [5.41, 5.74) is -5.34. The lowest BCUT2D eigenvalue weighted by Gasteiger charge is -2.07. The monoisotopic (exact) mass is 216 g/mol. The van der Waals surface area contributed by atoms with Crippen molar-refractivity contribution in [2.45, 2.75) is 24.7 Å². The molecule has 0 aromatic heterocycles. The molecule has 0 aromatic rings. The highest BCUT2D eigenvalue weighted by Gasteiger charge is 2.47. The van der Waals surface area contributed by atoms with Gasteiger partial charge in [0.1, 0.15) is 0 Å². The topological polar surface area (TPSA) is 43.4 Å². The molecule has 0 spiro atoms. The molecule has 0 aliphatic heterocycles. The van der Waals surface area contributed by atoms with Crippen molar-refractivity contribution in [3.63, 3.8) is 0 Å². The van der Waals surface area contributed by atoms with Crippen LogP contribution >= 0.6 is 0 Å². The average molecular weight is 216 g/mol. The van der Waals surface area contributed by atoms with E-state index < -0.39 is 22.2 Å². The van der Waals surface area contributed by atoms with E-state index in [2.05, 4.69) is 4.18 Å². The molecular weight excluding hydrogens is 208 g/mol. The van der Waals surface area contributed by atoms with Crippen molar-refractivity contribution in [2.75, 3.05) is 6.61 Å². The molecule has 0 unspecified atom stereocenters. The van der Waals surface area contributed by atoms with Crippen molar-refractivity contribution in [1.29, 1.82) is 0 Å². The van der Waals surface area contributed by atoms with Gasteiger partial charge in [0, 0.05) is 0 Å². The van der Waals surface area contributed by atoms with Crippen LogP contribution in [0.3, 0.4) is 0 Å². The van der Waals surface area contributed by atoms with E-state index in [9.17, 15) is 21.6 Å². The maximum Gasteiger partial charge on any atom is 0.523 e. The van der Waals surface area contributed by atoms with Crippen LogP contribution in [0.15, 0.2) is 0 Å². The molecule has 76 valence electrons. The Balaban J connectivity index is 3.92. The number of halogens is 3. The van der Waals surface area contributed by atoms with Gasteiger partial charge in [-0.25, -0.2) is 0 Å². The van der Waals surface area contributed by atoms with Gasteiger partial charge in [-0.2, -0.15) is 21.6 Å². The summed E-state index contributed by atoms with van der Waals surface area (Å²) in [4.78, 5) is 0. The molecule has 13 heavy (non-hydrogen) atoms. The predicted octanol–water partition coefficient (Wildman–Crippen LogP) is 1.22. The van der Waals surface area contributed by atoms with Gasteiger partial charge in [0.15, 0.2) is 0 Å². The number of rotatable bonds is 5. The highest BCUT2D eigenvalue weighted by molar-refractivity contribution is 7.87.